The van der Waals surface area contributed by atoms with Gasteiger partial charge in [-0.1, -0.05) is 0 Å². The number of hydrazone groups is 1. The van der Waals surface area contributed by atoms with E-state index in [4.69, 9.17) is 5.73 Å². The molecule has 0 bridgehead atoms. The molecule has 68 valence electrons. The molecule has 0 aliphatic carbocycles. The van der Waals surface area contributed by atoms with Gasteiger partial charge in [-0.15, -0.1) is 0 Å². The standard InChI is InChI=1S/C8H10N4S/c1-6(11-12-8(9)13)7-4-2-3-5-10-7/h2-5H,1H3,(H3,9,12,13)/p+1. The molecular weight excluding hydrogens is 184 g/mol. The molecule has 1 aromatic heterocycles. The number of aromatic amines is 1. The van der Waals surface area contributed by atoms with Crippen molar-refractivity contribution in [3.8, 4) is 0 Å². The van der Waals surface area contributed by atoms with Gasteiger partial charge in [-0.25, -0.2) is 4.98 Å². The van der Waals surface area contributed by atoms with Gasteiger partial charge in [0.25, 0.3) is 0 Å². The van der Waals surface area contributed by atoms with Crippen LogP contribution in [0.1, 0.15) is 12.6 Å². The molecule has 1 rings (SSSR count). The Bertz CT molecular complexity index is 320. The fourth-order valence-electron chi connectivity index (χ4n) is 0.818. The van der Waals surface area contributed by atoms with Crippen LogP contribution in [0, 0.1) is 0 Å². The fourth-order valence-corrected chi connectivity index (χ4v) is 0.863. The van der Waals surface area contributed by atoms with E-state index in [9.17, 15) is 0 Å². The number of hydrogen-bond acceptors (Lipinski definition) is 2. The van der Waals surface area contributed by atoms with Gasteiger partial charge in [0.05, 0.1) is 0 Å². The summed E-state index contributed by atoms with van der Waals surface area (Å²) in [6.07, 6.45) is 1.83. The zero-order valence-corrected chi connectivity index (χ0v) is 8.06. The lowest BCUT2D eigenvalue weighted by molar-refractivity contribution is -0.380. The Hall–Kier alpha value is -1.49. The van der Waals surface area contributed by atoms with Gasteiger partial charge in [-0.3, -0.25) is 5.43 Å². The van der Waals surface area contributed by atoms with Crippen molar-refractivity contribution in [1.82, 2.24) is 5.43 Å². The van der Waals surface area contributed by atoms with E-state index in [1.54, 1.807) is 0 Å². The molecule has 0 aliphatic rings. The van der Waals surface area contributed by atoms with Crippen LogP contribution in [-0.4, -0.2) is 10.8 Å². The van der Waals surface area contributed by atoms with E-state index in [0.717, 1.165) is 11.4 Å². The number of pyridine rings is 1. The van der Waals surface area contributed by atoms with Gasteiger partial charge in [-0.2, -0.15) is 5.10 Å². The third kappa shape index (κ3) is 3.16. The monoisotopic (exact) mass is 195 g/mol. The maximum absolute atomic E-state index is 5.22. The van der Waals surface area contributed by atoms with E-state index in [1.807, 2.05) is 31.3 Å². The van der Waals surface area contributed by atoms with Gasteiger partial charge < -0.3 is 5.73 Å². The molecule has 0 amide bonds. The van der Waals surface area contributed by atoms with Crippen molar-refractivity contribution >= 4 is 23.0 Å². The summed E-state index contributed by atoms with van der Waals surface area (Å²) >= 11 is 4.61. The van der Waals surface area contributed by atoms with Gasteiger partial charge in [0.15, 0.2) is 11.3 Å². The van der Waals surface area contributed by atoms with Crippen molar-refractivity contribution in [2.75, 3.05) is 0 Å². The zero-order chi connectivity index (χ0) is 9.68. The first kappa shape index (κ1) is 9.60. The van der Waals surface area contributed by atoms with Gasteiger partial charge >= 0.3 is 0 Å². The smallest absolute Gasteiger partial charge is 0.226 e. The average Bonchev–Trinajstić information content (AvgIpc) is 2.15. The number of thiocarbonyl (C=S) groups is 1. The molecule has 0 saturated heterocycles. The van der Waals surface area contributed by atoms with E-state index in [2.05, 4.69) is 27.7 Å². The van der Waals surface area contributed by atoms with Crippen LogP contribution in [0.3, 0.4) is 0 Å². The second-order valence-electron chi connectivity index (χ2n) is 2.45. The summed E-state index contributed by atoms with van der Waals surface area (Å²) in [5.41, 5.74) is 9.46. The maximum Gasteiger partial charge on any atom is 0.226 e. The SMILES string of the molecule is CC(=NNC(N)=S)c1cccc[nH+]1. The molecule has 4 N–H and O–H groups in total. The minimum absolute atomic E-state index is 0.162. The molecule has 1 aromatic rings. The summed E-state index contributed by atoms with van der Waals surface area (Å²) in [5, 5.41) is 4.13. The van der Waals surface area contributed by atoms with Crippen molar-refractivity contribution in [1.29, 1.82) is 0 Å². The molecule has 1 heterocycles. The second-order valence-corrected chi connectivity index (χ2v) is 2.89. The summed E-state index contributed by atoms with van der Waals surface area (Å²) in [6, 6.07) is 5.74. The quantitative estimate of drug-likeness (QED) is 0.398. The zero-order valence-electron chi connectivity index (χ0n) is 7.24. The van der Waals surface area contributed by atoms with Gasteiger partial charge in [0.2, 0.25) is 5.69 Å². The van der Waals surface area contributed by atoms with Gasteiger partial charge in [0.1, 0.15) is 5.71 Å². The first-order chi connectivity index (χ1) is 6.20. The number of nitrogens with two attached hydrogens (primary N) is 1. The molecule has 0 aromatic carbocycles. The van der Waals surface area contributed by atoms with E-state index in [1.165, 1.54) is 0 Å². The number of H-pyrrole nitrogens is 1. The third-order valence-electron chi connectivity index (χ3n) is 1.43. The summed E-state index contributed by atoms with van der Waals surface area (Å²) in [6.45, 7) is 1.86. The van der Waals surface area contributed by atoms with Crippen LogP contribution in [0.2, 0.25) is 0 Å². The highest BCUT2D eigenvalue weighted by molar-refractivity contribution is 7.80. The molecule has 0 atom stereocenters. The Morgan fingerprint density at radius 1 is 1.62 bits per heavy atom. The molecule has 0 aliphatic heterocycles. The van der Waals surface area contributed by atoms with Crippen LogP contribution in [0.15, 0.2) is 29.5 Å². The van der Waals surface area contributed by atoms with Crippen LogP contribution in [0.5, 0.6) is 0 Å². The highest BCUT2D eigenvalue weighted by atomic mass is 32.1. The van der Waals surface area contributed by atoms with Crippen LogP contribution in [0.4, 0.5) is 0 Å². The lowest BCUT2D eigenvalue weighted by Gasteiger charge is -1.96. The van der Waals surface area contributed by atoms with Crippen molar-refractivity contribution in [3.63, 3.8) is 0 Å². The highest BCUT2D eigenvalue weighted by Gasteiger charge is 2.02. The Morgan fingerprint density at radius 2 is 2.38 bits per heavy atom. The lowest BCUT2D eigenvalue weighted by Crippen LogP contribution is -2.26. The number of aromatic nitrogens is 1. The molecule has 13 heavy (non-hydrogen) atoms. The Balaban J connectivity index is 2.73. The minimum Gasteiger partial charge on any atom is -0.375 e. The topological polar surface area (TPSA) is 64.5 Å². The van der Waals surface area contributed by atoms with Crippen molar-refractivity contribution in [2.24, 2.45) is 10.8 Å². The largest absolute Gasteiger partial charge is 0.375 e. The molecular formula is C8H11N4S+. The highest BCUT2D eigenvalue weighted by Crippen LogP contribution is 1.90. The molecule has 0 fully saturated rings. The first-order valence-electron chi connectivity index (χ1n) is 3.77. The summed E-state index contributed by atoms with van der Waals surface area (Å²) in [7, 11) is 0. The van der Waals surface area contributed by atoms with Crippen molar-refractivity contribution in [2.45, 2.75) is 6.92 Å². The number of nitrogens with zero attached hydrogens (tertiary/aromatic N) is 1. The normalized spacial score (nSPS) is 11.0. The number of rotatable bonds is 2. The van der Waals surface area contributed by atoms with Crippen LogP contribution in [-0.2, 0) is 0 Å². The van der Waals surface area contributed by atoms with Crippen molar-refractivity contribution < 1.29 is 4.98 Å². The molecule has 0 radical (unpaired) electrons. The Morgan fingerprint density at radius 3 is 2.92 bits per heavy atom. The Kier molecular flexibility index (Phi) is 3.33. The van der Waals surface area contributed by atoms with Crippen LogP contribution in [0.25, 0.3) is 0 Å². The number of hydrogen-bond donors (Lipinski definition) is 2. The Labute approximate surface area is 81.9 Å². The number of nitrogens with one attached hydrogen (secondary N) is 2. The van der Waals surface area contributed by atoms with Gasteiger partial charge in [-0.05, 0) is 25.2 Å². The summed E-state index contributed by atoms with van der Waals surface area (Å²) in [5.74, 6) is 0. The maximum atomic E-state index is 5.22. The predicted molar refractivity (Wildman–Crippen MR) is 55.1 cm³/mol. The molecule has 5 heteroatoms. The molecule has 4 nitrogen and oxygen atoms in total. The molecule has 0 unspecified atom stereocenters. The molecule has 0 saturated carbocycles. The van der Waals surface area contributed by atoms with Crippen LogP contribution < -0.4 is 16.1 Å². The summed E-state index contributed by atoms with van der Waals surface area (Å²) < 4.78 is 0. The van der Waals surface area contributed by atoms with E-state index in [0.29, 0.717) is 0 Å². The predicted octanol–water partition coefficient (Wildman–Crippen LogP) is 0.0579. The molecule has 0 spiro atoms. The van der Waals surface area contributed by atoms with Crippen LogP contribution >= 0.6 is 12.2 Å². The average molecular weight is 195 g/mol. The fraction of sp³-hybridized carbons (Fsp3) is 0.125. The first-order valence-corrected chi connectivity index (χ1v) is 4.18. The minimum atomic E-state index is 0.162. The van der Waals surface area contributed by atoms with E-state index in [-0.39, 0.29) is 5.11 Å². The van der Waals surface area contributed by atoms with E-state index >= 15 is 0 Å². The summed E-state index contributed by atoms with van der Waals surface area (Å²) in [4.78, 5) is 3.04. The second kappa shape index (κ2) is 4.51. The van der Waals surface area contributed by atoms with Crippen molar-refractivity contribution in [3.05, 3.63) is 30.1 Å². The lowest BCUT2D eigenvalue weighted by atomic mass is 10.3. The van der Waals surface area contributed by atoms with Gasteiger partial charge in [0, 0.05) is 12.1 Å². The third-order valence-corrected chi connectivity index (χ3v) is 1.52. The van der Waals surface area contributed by atoms with E-state index < -0.39 is 0 Å².